The maximum absolute atomic E-state index is 13.0. The van der Waals surface area contributed by atoms with Crippen LogP contribution in [0.1, 0.15) is 444 Å². The minimum Gasteiger partial charge on any atom is -0.477 e. The third-order valence-electron chi connectivity index (χ3n) is 19.1. The molecule has 0 radical (unpaired) electrons. The Bertz CT molecular complexity index is 1440. The van der Waals surface area contributed by atoms with Gasteiger partial charge in [0.05, 0.1) is 34.4 Å². The second-order valence-electron chi connectivity index (χ2n) is 29.5. The van der Waals surface area contributed by atoms with Gasteiger partial charge in [-0.05, 0) is 12.8 Å². The molecule has 0 aromatic carbocycles. The summed E-state index contributed by atoms with van der Waals surface area (Å²) < 4.78 is 23.1. The van der Waals surface area contributed by atoms with E-state index in [2.05, 4.69) is 13.8 Å². The molecule has 0 spiro atoms. The van der Waals surface area contributed by atoms with Crippen molar-refractivity contribution in [2.45, 2.75) is 456 Å². The molecule has 0 saturated heterocycles. The smallest absolute Gasteiger partial charge is 0.361 e. The lowest BCUT2D eigenvalue weighted by Crippen LogP contribution is -2.40. The number of nitrogens with zero attached hydrogens (tertiary/aromatic N) is 1. The van der Waals surface area contributed by atoms with E-state index >= 15 is 0 Å². The number of esters is 2. The number of carboxylic acid groups (broad SMARTS) is 1. The van der Waals surface area contributed by atoms with E-state index in [9.17, 15) is 19.5 Å². The fraction of sp³-hybridized carbons (Fsp3) is 0.963. The van der Waals surface area contributed by atoms with Gasteiger partial charge in [0.2, 0.25) is 0 Å². The van der Waals surface area contributed by atoms with Gasteiger partial charge in [-0.15, -0.1) is 0 Å². The summed E-state index contributed by atoms with van der Waals surface area (Å²) in [4.78, 5) is 37.7. The molecule has 0 amide bonds. The molecular weight excluding hydrogens is 1110 g/mol. The lowest BCUT2D eigenvalue weighted by Gasteiger charge is -2.25. The van der Waals surface area contributed by atoms with Crippen molar-refractivity contribution in [2.75, 3.05) is 47.5 Å². The van der Waals surface area contributed by atoms with Crippen molar-refractivity contribution in [1.29, 1.82) is 0 Å². The summed E-state index contributed by atoms with van der Waals surface area (Å²) in [7, 11) is 6.01. The van der Waals surface area contributed by atoms with Crippen molar-refractivity contribution in [3.63, 3.8) is 0 Å². The zero-order valence-electron chi connectivity index (χ0n) is 61.6. The number of carbonyl (C=O) groups excluding carboxylic acids is 2. The van der Waals surface area contributed by atoms with Crippen LogP contribution in [0.2, 0.25) is 0 Å². The number of aliphatic carboxylic acids is 1. The first-order chi connectivity index (χ1) is 44.1. The Morgan fingerprint density at radius 2 is 0.500 bits per heavy atom. The number of ether oxygens (including phenoxy) is 4. The molecule has 0 fully saturated rings. The number of likely N-dealkylation sites (N-methyl/N-ethyl adjacent to an activating group) is 1. The van der Waals surface area contributed by atoms with Gasteiger partial charge in [-0.2, -0.15) is 0 Å². The Kier molecular flexibility index (Phi) is 71.7. The Balaban J connectivity index is 3.94. The fourth-order valence-corrected chi connectivity index (χ4v) is 12.9. The largest absolute Gasteiger partial charge is 0.477 e. The van der Waals surface area contributed by atoms with Crippen LogP contribution < -0.4 is 0 Å². The van der Waals surface area contributed by atoms with Gasteiger partial charge in [-0.3, -0.25) is 9.59 Å². The molecule has 0 bridgehead atoms. The molecule has 9 heteroatoms. The third kappa shape index (κ3) is 73.7. The fourth-order valence-electron chi connectivity index (χ4n) is 12.9. The molecule has 0 heterocycles. The SMILES string of the molecule is CCCCCCCCCCCCCCCCCCCCCCCCCCCCCCCCCCCCC(=O)OC(COC(=O)CCCCCCCCCCCCCCCCCCCCCCCCCCCCCCCCC)COC(OCC[N+](C)(C)C)C(=O)O. The number of hydrogen-bond acceptors (Lipinski definition) is 7. The van der Waals surface area contributed by atoms with Crippen LogP contribution in [0.5, 0.6) is 0 Å². The molecule has 0 aliphatic heterocycles. The van der Waals surface area contributed by atoms with E-state index < -0.39 is 18.4 Å². The van der Waals surface area contributed by atoms with Crippen LogP contribution in [0.4, 0.5) is 0 Å². The maximum Gasteiger partial charge on any atom is 0.361 e. The summed E-state index contributed by atoms with van der Waals surface area (Å²) in [6, 6.07) is 0. The highest BCUT2D eigenvalue weighted by Gasteiger charge is 2.25. The zero-order chi connectivity index (χ0) is 65.4. The van der Waals surface area contributed by atoms with Crippen LogP contribution in [-0.4, -0.2) is 87.4 Å². The lowest BCUT2D eigenvalue weighted by molar-refractivity contribution is -0.870. The van der Waals surface area contributed by atoms with Crippen molar-refractivity contribution in [3.8, 4) is 0 Å². The van der Waals surface area contributed by atoms with E-state index in [1.165, 1.54) is 379 Å². The molecule has 2 unspecified atom stereocenters. The number of hydrogen-bond donors (Lipinski definition) is 1. The van der Waals surface area contributed by atoms with E-state index in [0.29, 0.717) is 17.4 Å². The van der Waals surface area contributed by atoms with E-state index in [1.54, 1.807) is 0 Å². The predicted molar refractivity (Wildman–Crippen MR) is 388 cm³/mol. The Morgan fingerprint density at radius 1 is 0.289 bits per heavy atom. The Labute approximate surface area is 562 Å². The molecule has 536 valence electrons. The van der Waals surface area contributed by atoms with Crippen molar-refractivity contribution in [1.82, 2.24) is 0 Å². The summed E-state index contributed by atoms with van der Waals surface area (Å²) in [5, 5.41) is 9.77. The molecule has 9 nitrogen and oxygen atoms in total. The summed E-state index contributed by atoms with van der Waals surface area (Å²) in [6.45, 7) is 4.99. The van der Waals surface area contributed by atoms with E-state index in [-0.39, 0.29) is 38.2 Å². The highest BCUT2D eigenvalue weighted by atomic mass is 16.7. The number of carbonyl (C=O) groups is 3. The predicted octanol–water partition coefficient (Wildman–Crippen LogP) is 25.8. The van der Waals surface area contributed by atoms with Gasteiger partial charge in [-0.1, -0.05) is 418 Å². The lowest BCUT2D eigenvalue weighted by atomic mass is 10.0. The second kappa shape index (κ2) is 73.1. The van der Waals surface area contributed by atoms with Gasteiger partial charge in [0.15, 0.2) is 6.10 Å². The Morgan fingerprint density at radius 3 is 0.711 bits per heavy atom. The summed E-state index contributed by atoms with van der Waals surface area (Å²) in [5.74, 6) is -1.96. The van der Waals surface area contributed by atoms with E-state index in [4.69, 9.17) is 18.9 Å². The quantitative estimate of drug-likeness (QED) is 0.0278. The molecule has 90 heavy (non-hydrogen) atoms. The minimum absolute atomic E-state index is 0.172. The number of unbranched alkanes of at least 4 members (excludes halogenated alkanes) is 63. The first kappa shape index (κ1) is 88.3. The summed E-state index contributed by atoms with van der Waals surface area (Å²) >= 11 is 0. The summed E-state index contributed by atoms with van der Waals surface area (Å²) in [6.07, 6.45) is 87.1. The molecule has 0 saturated carbocycles. The van der Waals surface area contributed by atoms with E-state index in [0.717, 1.165) is 38.5 Å². The molecule has 0 aliphatic carbocycles. The first-order valence-corrected chi connectivity index (χ1v) is 40.7. The highest BCUT2D eigenvalue weighted by Crippen LogP contribution is 2.21. The van der Waals surface area contributed by atoms with Crippen LogP contribution in [-0.2, 0) is 33.3 Å². The topological polar surface area (TPSA) is 108 Å². The molecule has 1 N–H and O–H groups in total. The average molecular weight is 1280 g/mol. The van der Waals surface area contributed by atoms with Crippen LogP contribution in [0, 0.1) is 0 Å². The third-order valence-corrected chi connectivity index (χ3v) is 19.1. The number of rotatable bonds is 78. The molecule has 2 atom stereocenters. The molecule has 0 rings (SSSR count). The monoisotopic (exact) mass is 1280 g/mol. The first-order valence-electron chi connectivity index (χ1n) is 40.7. The van der Waals surface area contributed by atoms with Crippen molar-refractivity contribution in [3.05, 3.63) is 0 Å². The van der Waals surface area contributed by atoms with Crippen molar-refractivity contribution < 1.29 is 42.9 Å². The minimum atomic E-state index is -1.51. The van der Waals surface area contributed by atoms with Gasteiger partial charge in [-0.25, -0.2) is 4.79 Å². The van der Waals surface area contributed by atoms with Crippen LogP contribution in [0.15, 0.2) is 0 Å². The van der Waals surface area contributed by atoms with Gasteiger partial charge in [0, 0.05) is 12.8 Å². The molecule has 0 aromatic heterocycles. The van der Waals surface area contributed by atoms with Crippen molar-refractivity contribution in [2.24, 2.45) is 0 Å². The highest BCUT2D eigenvalue weighted by molar-refractivity contribution is 5.71. The van der Waals surface area contributed by atoms with Gasteiger partial charge >= 0.3 is 17.9 Å². The summed E-state index contributed by atoms with van der Waals surface area (Å²) in [5.41, 5.74) is 0. The molecule has 0 aliphatic rings. The number of carboxylic acids is 1. The van der Waals surface area contributed by atoms with Gasteiger partial charge in [0.25, 0.3) is 6.29 Å². The number of quaternary nitrogens is 1. The normalized spacial score (nSPS) is 12.5. The molecular formula is C81H160NO8+. The van der Waals surface area contributed by atoms with E-state index in [1.807, 2.05) is 21.1 Å². The van der Waals surface area contributed by atoms with Crippen molar-refractivity contribution >= 4 is 17.9 Å². The maximum atomic E-state index is 13.0. The zero-order valence-corrected chi connectivity index (χ0v) is 61.6. The van der Waals surface area contributed by atoms with Crippen LogP contribution in [0.3, 0.4) is 0 Å². The van der Waals surface area contributed by atoms with Gasteiger partial charge < -0.3 is 28.5 Å². The average Bonchev–Trinajstić information content (AvgIpc) is 3.64. The van der Waals surface area contributed by atoms with Crippen LogP contribution >= 0.6 is 0 Å². The van der Waals surface area contributed by atoms with Crippen LogP contribution in [0.25, 0.3) is 0 Å². The van der Waals surface area contributed by atoms with Gasteiger partial charge in [0.1, 0.15) is 13.2 Å². The standard InChI is InChI=1S/C81H159NO8/c1-6-8-10-12-14-16-18-20-22-24-26-28-30-32-34-36-38-39-40-42-44-46-48-50-52-54-56-58-60-62-64-66-68-70-72-79(84)90-77(76-89-81(80(85)86)87-74-73-82(3,4)5)75-88-78(83)71-69-67-65-63-61-59-57-55-53-51-49-47-45-43-41-37-35-33-31-29-27-25-23-21-19-17-15-13-11-9-7-2/h77,81H,6-76H2,1-5H3/p+1. The second-order valence-corrected chi connectivity index (χ2v) is 29.5. The Hall–Kier alpha value is -1.71. The molecule has 0 aromatic rings.